The minimum atomic E-state index is 0.567. The van der Waals surface area contributed by atoms with Gasteiger partial charge in [0.05, 0.1) is 6.20 Å². The lowest BCUT2D eigenvalue weighted by atomic mass is 9.92. The number of likely N-dealkylation sites (N-methyl/N-ethyl adjacent to an activating group) is 1. The smallest absolute Gasteiger partial charge is 0.122 e. The number of aromatic nitrogens is 2. The van der Waals surface area contributed by atoms with Crippen LogP contribution >= 0.6 is 0 Å². The van der Waals surface area contributed by atoms with E-state index in [0.29, 0.717) is 5.92 Å². The summed E-state index contributed by atoms with van der Waals surface area (Å²) in [5.74, 6) is 1.30. The highest BCUT2D eigenvalue weighted by Gasteiger charge is 2.21. The topological polar surface area (TPSA) is 57.9 Å². The van der Waals surface area contributed by atoms with Gasteiger partial charge < -0.3 is 10.6 Å². The summed E-state index contributed by atoms with van der Waals surface area (Å²) in [6.45, 7) is 2.30. The lowest BCUT2D eigenvalue weighted by Crippen LogP contribution is -2.30. The number of nitrogens with zero attached hydrogens (tertiary/aromatic N) is 2. The van der Waals surface area contributed by atoms with Crippen LogP contribution in [0.4, 0.5) is 5.82 Å². The van der Waals surface area contributed by atoms with Crippen LogP contribution in [-0.4, -0.2) is 35.2 Å². The number of nitrogen functional groups attached to an aromatic ring is 1. The number of H-pyrrole nitrogens is 1. The van der Waals surface area contributed by atoms with Gasteiger partial charge in [0, 0.05) is 18.0 Å². The molecular formula is C9H16N4. The number of nitrogens with one attached hydrogen (secondary N) is 1. The van der Waals surface area contributed by atoms with Crippen molar-refractivity contribution in [3.8, 4) is 0 Å². The molecule has 2 heterocycles. The molecular weight excluding hydrogens is 164 g/mol. The van der Waals surface area contributed by atoms with Crippen LogP contribution < -0.4 is 5.73 Å². The molecule has 2 rings (SSSR count). The van der Waals surface area contributed by atoms with E-state index in [4.69, 9.17) is 5.73 Å². The van der Waals surface area contributed by atoms with Crippen molar-refractivity contribution >= 4 is 5.82 Å². The summed E-state index contributed by atoms with van der Waals surface area (Å²) in [6.07, 6.45) is 4.35. The van der Waals surface area contributed by atoms with Crippen LogP contribution in [0.5, 0.6) is 0 Å². The van der Waals surface area contributed by atoms with Crippen molar-refractivity contribution in [1.29, 1.82) is 0 Å². The molecule has 1 unspecified atom stereocenters. The summed E-state index contributed by atoms with van der Waals surface area (Å²) in [5.41, 5.74) is 6.97. The molecule has 0 saturated carbocycles. The molecule has 13 heavy (non-hydrogen) atoms. The first-order valence-corrected chi connectivity index (χ1v) is 4.74. The number of anilines is 1. The molecule has 1 aromatic rings. The Kier molecular flexibility index (Phi) is 2.22. The zero-order valence-corrected chi connectivity index (χ0v) is 7.95. The van der Waals surface area contributed by atoms with Crippen LogP contribution in [0, 0.1) is 0 Å². The summed E-state index contributed by atoms with van der Waals surface area (Å²) >= 11 is 0. The van der Waals surface area contributed by atoms with Gasteiger partial charge in [0.15, 0.2) is 0 Å². The van der Waals surface area contributed by atoms with E-state index in [0.717, 1.165) is 12.4 Å². The normalized spacial score (nSPS) is 24.8. The summed E-state index contributed by atoms with van der Waals surface area (Å²) in [6, 6.07) is 0. The number of rotatable bonds is 1. The number of likely N-dealkylation sites (tertiary alicyclic amines) is 1. The third kappa shape index (κ3) is 1.67. The highest BCUT2D eigenvalue weighted by Crippen LogP contribution is 2.28. The summed E-state index contributed by atoms with van der Waals surface area (Å²) in [7, 11) is 2.16. The van der Waals surface area contributed by atoms with Gasteiger partial charge in [-0.2, -0.15) is 5.10 Å². The third-order valence-corrected chi connectivity index (χ3v) is 2.76. The quantitative estimate of drug-likeness (QED) is 0.672. The van der Waals surface area contributed by atoms with E-state index in [1.807, 2.05) is 6.20 Å². The van der Waals surface area contributed by atoms with Gasteiger partial charge in [-0.25, -0.2) is 0 Å². The van der Waals surface area contributed by atoms with Gasteiger partial charge in [-0.15, -0.1) is 0 Å². The van der Waals surface area contributed by atoms with Gasteiger partial charge >= 0.3 is 0 Å². The fraction of sp³-hybridized carbons (Fsp3) is 0.667. The minimum absolute atomic E-state index is 0.567. The van der Waals surface area contributed by atoms with Crippen molar-refractivity contribution in [2.24, 2.45) is 0 Å². The standard InChI is InChI=1S/C9H16N4/c1-13-4-2-3-7(6-13)8-5-11-12-9(8)10/h5,7H,2-4,6H2,1H3,(H3,10,11,12). The Balaban J connectivity index is 2.12. The lowest BCUT2D eigenvalue weighted by Gasteiger charge is -2.29. The van der Waals surface area contributed by atoms with E-state index >= 15 is 0 Å². The molecule has 0 aromatic carbocycles. The van der Waals surface area contributed by atoms with E-state index in [1.54, 1.807) is 0 Å². The molecule has 1 atom stereocenters. The Hall–Kier alpha value is -1.03. The van der Waals surface area contributed by atoms with Crippen molar-refractivity contribution in [3.05, 3.63) is 11.8 Å². The highest BCUT2D eigenvalue weighted by atomic mass is 15.2. The number of hydrogen-bond donors (Lipinski definition) is 2. The van der Waals surface area contributed by atoms with Crippen molar-refractivity contribution in [2.75, 3.05) is 25.9 Å². The Morgan fingerprint density at radius 3 is 3.15 bits per heavy atom. The van der Waals surface area contributed by atoms with Crippen LogP contribution in [0.25, 0.3) is 0 Å². The Morgan fingerprint density at radius 2 is 2.54 bits per heavy atom. The number of aromatic amines is 1. The minimum Gasteiger partial charge on any atom is -0.384 e. The van der Waals surface area contributed by atoms with E-state index in [9.17, 15) is 0 Å². The van der Waals surface area contributed by atoms with Gasteiger partial charge in [-0.1, -0.05) is 0 Å². The van der Waals surface area contributed by atoms with Crippen LogP contribution in [-0.2, 0) is 0 Å². The Labute approximate surface area is 78.1 Å². The average Bonchev–Trinajstić information content (AvgIpc) is 2.51. The zero-order chi connectivity index (χ0) is 9.26. The molecule has 0 radical (unpaired) electrons. The van der Waals surface area contributed by atoms with E-state index in [1.165, 1.54) is 24.9 Å². The number of piperidine rings is 1. The molecule has 0 spiro atoms. The maximum Gasteiger partial charge on any atom is 0.122 e. The van der Waals surface area contributed by atoms with Crippen molar-refractivity contribution in [1.82, 2.24) is 15.1 Å². The van der Waals surface area contributed by atoms with Gasteiger partial charge in [0.2, 0.25) is 0 Å². The fourth-order valence-corrected chi connectivity index (χ4v) is 2.05. The van der Waals surface area contributed by atoms with Gasteiger partial charge in [0.25, 0.3) is 0 Å². The Bertz CT molecular complexity index is 281. The van der Waals surface area contributed by atoms with Crippen LogP contribution in [0.1, 0.15) is 24.3 Å². The first-order chi connectivity index (χ1) is 6.27. The van der Waals surface area contributed by atoms with Gasteiger partial charge in [-0.05, 0) is 26.4 Å². The second-order valence-corrected chi connectivity index (χ2v) is 3.84. The monoisotopic (exact) mass is 180 g/mol. The molecule has 0 aliphatic carbocycles. The van der Waals surface area contributed by atoms with Crippen LogP contribution in [0.15, 0.2) is 6.20 Å². The van der Waals surface area contributed by atoms with Crippen molar-refractivity contribution in [2.45, 2.75) is 18.8 Å². The molecule has 0 bridgehead atoms. The first-order valence-electron chi connectivity index (χ1n) is 4.74. The average molecular weight is 180 g/mol. The molecule has 1 aliphatic rings. The summed E-state index contributed by atoms with van der Waals surface area (Å²) < 4.78 is 0. The molecule has 1 aromatic heterocycles. The van der Waals surface area contributed by atoms with Crippen LogP contribution in [0.2, 0.25) is 0 Å². The highest BCUT2D eigenvalue weighted by molar-refractivity contribution is 5.40. The summed E-state index contributed by atoms with van der Waals surface area (Å²) in [4.78, 5) is 2.35. The van der Waals surface area contributed by atoms with E-state index < -0.39 is 0 Å². The van der Waals surface area contributed by atoms with E-state index in [-0.39, 0.29) is 0 Å². The molecule has 0 amide bonds. The largest absolute Gasteiger partial charge is 0.384 e. The predicted octanol–water partition coefficient (Wildman–Crippen LogP) is 0.801. The second kappa shape index (κ2) is 3.38. The predicted molar refractivity (Wildman–Crippen MR) is 52.5 cm³/mol. The van der Waals surface area contributed by atoms with Crippen LogP contribution in [0.3, 0.4) is 0 Å². The first kappa shape index (κ1) is 8.56. The SMILES string of the molecule is CN1CCCC(c2cn[nH]c2N)C1. The molecule has 4 heteroatoms. The zero-order valence-electron chi connectivity index (χ0n) is 7.95. The lowest BCUT2D eigenvalue weighted by molar-refractivity contribution is 0.251. The number of hydrogen-bond acceptors (Lipinski definition) is 3. The molecule has 3 N–H and O–H groups in total. The number of nitrogens with two attached hydrogens (primary N) is 1. The molecule has 1 fully saturated rings. The molecule has 4 nitrogen and oxygen atoms in total. The molecule has 1 aliphatic heterocycles. The molecule has 1 saturated heterocycles. The fourth-order valence-electron chi connectivity index (χ4n) is 2.05. The van der Waals surface area contributed by atoms with Crippen molar-refractivity contribution in [3.63, 3.8) is 0 Å². The van der Waals surface area contributed by atoms with E-state index in [2.05, 4.69) is 22.1 Å². The van der Waals surface area contributed by atoms with Gasteiger partial charge in [-0.3, -0.25) is 5.10 Å². The van der Waals surface area contributed by atoms with Gasteiger partial charge in [0.1, 0.15) is 5.82 Å². The van der Waals surface area contributed by atoms with Crippen molar-refractivity contribution < 1.29 is 0 Å². The Morgan fingerprint density at radius 1 is 1.69 bits per heavy atom. The third-order valence-electron chi connectivity index (χ3n) is 2.76. The summed E-state index contributed by atoms with van der Waals surface area (Å²) in [5, 5.41) is 6.74. The maximum atomic E-state index is 5.78. The second-order valence-electron chi connectivity index (χ2n) is 3.84. The molecule has 72 valence electrons. The maximum absolute atomic E-state index is 5.78.